The minimum Gasteiger partial charge on any atom is -0.0654 e. The number of unbranched alkanes of at least 4 members (excludes halogenated alkanes) is 4. The molecule has 0 spiro atoms. The van der Waals surface area contributed by atoms with Crippen LogP contribution >= 0.6 is 0 Å². The van der Waals surface area contributed by atoms with E-state index in [1.165, 1.54) is 87.3 Å². The molecule has 152 valence electrons. The van der Waals surface area contributed by atoms with Gasteiger partial charge >= 0.3 is 0 Å². The maximum atomic E-state index is 2.47. The first-order valence-electron chi connectivity index (χ1n) is 11.9. The van der Waals surface area contributed by atoms with Crippen molar-refractivity contribution < 1.29 is 0 Å². The quantitative estimate of drug-likeness (QED) is 0.365. The summed E-state index contributed by atoms with van der Waals surface area (Å²) in [6.07, 6.45) is 14.9. The van der Waals surface area contributed by atoms with Crippen molar-refractivity contribution in [3.05, 3.63) is 59.2 Å². The molecular formula is C28H40. The van der Waals surface area contributed by atoms with Gasteiger partial charge in [-0.3, -0.25) is 0 Å². The Morgan fingerprint density at radius 3 is 2.36 bits per heavy atom. The normalized spacial score (nSPS) is 17.3. The van der Waals surface area contributed by atoms with Crippen LogP contribution in [0, 0.1) is 11.8 Å². The molecule has 0 N–H and O–H groups in total. The van der Waals surface area contributed by atoms with Crippen LogP contribution < -0.4 is 0 Å². The average Bonchev–Trinajstić information content (AvgIpc) is 2.73. The van der Waals surface area contributed by atoms with E-state index in [-0.39, 0.29) is 0 Å². The van der Waals surface area contributed by atoms with Crippen LogP contribution in [-0.4, -0.2) is 0 Å². The van der Waals surface area contributed by atoms with E-state index in [4.69, 9.17) is 0 Å². The molecule has 2 atom stereocenters. The molecular weight excluding hydrogens is 336 g/mol. The fourth-order valence-corrected chi connectivity index (χ4v) is 4.67. The van der Waals surface area contributed by atoms with Crippen molar-refractivity contribution in [2.75, 3.05) is 0 Å². The Hall–Kier alpha value is -1.56. The Bertz CT molecular complexity index is 709. The van der Waals surface area contributed by atoms with E-state index >= 15 is 0 Å². The highest BCUT2D eigenvalue weighted by molar-refractivity contribution is 5.65. The van der Waals surface area contributed by atoms with Gasteiger partial charge in [0.15, 0.2) is 0 Å². The van der Waals surface area contributed by atoms with E-state index in [0.717, 1.165) is 11.8 Å². The van der Waals surface area contributed by atoms with Crippen molar-refractivity contribution in [1.29, 1.82) is 0 Å². The molecule has 1 aliphatic rings. The van der Waals surface area contributed by atoms with Crippen molar-refractivity contribution in [3.8, 4) is 11.1 Å². The molecule has 0 aliphatic heterocycles. The van der Waals surface area contributed by atoms with Crippen LogP contribution in [0.5, 0.6) is 0 Å². The zero-order chi connectivity index (χ0) is 19.8. The molecule has 1 aliphatic carbocycles. The minimum absolute atomic E-state index is 0.772. The van der Waals surface area contributed by atoms with Crippen LogP contribution in [0.2, 0.25) is 0 Å². The highest BCUT2D eigenvalue weighted by Gasteiger charge is 2.18. The zero-order valence-electron chi connectivity index (χ0n) is 18.5. The SMILES string of the molecule is CCCCCCCC1CCc2cc(-c3ccc(CC(C)CC)cc3)ccc2C1. The molecule has 3 rings (SSSR count). The third-order valence-corrected chi connectivity index (χ3v) is 6.82. The molecule has 0 fully saturated rings. The Labute approximate surface area is 173 Å². The molecule has 0 radical (unpaired) electrons. The molecule has 0 amide bonds. The first-order valence-corrected chi connectivity index (χ1v) is 11.9. The fraction of sp³-hybridized carbons (Fsp3) is 0.571. The molecule has 28 heavy (non-hydrogen) atoms. The Morgan fingerprint density at radius 2 is 1.61 bits per heavy atom. The molecule has 2 aromatic rings. The van der Waals surface area contributed by atoms with Gasteiger partial charge in [-0.15, -0.1) is 0 Å². The lowest BCUT2D eigenvalue weighted by Gasteiger charge is -2.25. The standard InChI is InChI=1S/C28H40/c1-4-6-7-8-9-10-23-13-16-28-21-27(18-17-26(28)20-23)25-14-11-24(12-15-25)19-22(3)5-2/h11-12,14-15,17-18,21-23H,4-10,13,16,19-20H2,1-3H3. The van der Waals surface area contributed by atoms with Crippen molar-refractivity contribution in [2.24, 2.45) is 11.8 Å². The summed E-state index contributed by atoms with van der Waals surface area (Å²) in [7, 11) is 0. The van der Waals surface area contributed by atoms with E-state index in [1.807, 2.05) is 0 Å². The van der Waals surface area contributed by atoms with Crippen LogP contribution in [0.25, 0.3) is 11.1 Å². The summed E-state index contributed by atoms with van der Waals surface area (Å²) in [5, 5.41) is 0. The topological polar surface area (TPSA) is 0 Å². The molecule has 0 saturated carbocycles. The van der Waals surface area contributed by atoms with Gasteiger partial charge in [0.05, 0.1) is 0 Å². The van der Waals surface area contributed by atoms with Crippen molar-refractivity contribution in [3.63, 3.8) is 0 Å². The third kappa shape index (κ3) is 5.97. The largest absolute Gasteiger partial charge is 0.0654 e. The first kappa shape index (κ1) is 21.2. The minimum atomic E-state index is 0.772. The van der Waals surface area contributed by atoms with Gasteiger partial charge in [0.25, 0.3) is 0 Å². The maximum absolute atomic E-state index is 2.47. The summed E-state index contributed by atoms with van der Waals surface area (Å²) in [5.74, 6) is 1.69. The smallest absolute Gasteiger partial charge is 0.0181 e. The first-order chi connectivity index (χ1) is 13.7. The van der Waals surface area contributed by atoms with Crippen molar-refractivity contribution >= 4 is 0 Å². The van der Waals surface area contributed by atoms with E-state index < -0.39 is 0 Å². The second-order valence-corrected chi connectivity index (χ2v) is 9.21. The highest BCUT2D eigenvalue weighted by Crippen LogP contribution is 2.32. The Kier molecular flexibility index (Phi) is 8.19. The molecule has 0 saturated heterocycles. The van der Waals surface area contributed by atoms with E-state index in [9.17, 15) is 0 Å². The van der Waals surface area contributed by atoms with Crippen LogP contribution in [0.3, 0.4) is 0 Å². The zero-order valence-corrected chi connectivity index (χ0v) is 18.5. The number of aryl methyl sites for hydroxylation is 1. The monoisotopic (exact) mass is 376 g/mol. The van der Waals surface area contributed by atoms with Crippen molar-refractivity contribution in [1.82, 2.24) is 0 Å². The van der Waals surface area contributed by atoms with Crippen molar-refractivity contribution in [2.45, 2.75) is 91.4 Å². The summed E-state index contributed by atoms with van der Waals surface area (Å²) in [6, 6.07) is 16.5. The van der Waals surface area contributed by atoms with E-state index in [1.54, 1.807) is 11.1 Å². The predicted molar refractivity (Wildman–Crippen MR) is 124 cm³/mol. The summed E-state index contributed by atoms with van der Waals surface area (Å²) in [6.45, 7) is 6.92. The number of benzene rings is 2. The van der Waals surface area contributed by atoms with Gasteiger partial charge in [0.2, 0.25) is 0 Å². The van der Waals surface area contributed by atoms with Crippen LogP contribution in [0.4, 0.5) is 0 Å². The number of fused-ring (bicyclic) bond motifs is 1. The molecule has 0 heteroatoms. The molecule has 0 heterocycles. The van der Waals surface area contributed by atoms with Crippen LogP contribution in [-0.2, 0) is 19.3 Å². The second kappa shape index (κ2) is 10.8. The predicted octanol–water partition coefficient (Wildman–Crippen LogP) is 8.41. The lowest BCUT2D eigenvalue weighted by atomic mass is 9.80. The van der Waals surface area contributed by atoms with Gasteiger partial charge in [-0.2, -0.15) is 0 Å². The number of hydrogen-bond donors (Lipinski definition) is 0. The lowest BCUT2D eigenvalue weighted by Crippen LogP contribution is -2.14. The average molecular weight is 377 g/mol. The van der Waals surface area contributed by atoms with Gasteiger partial charge in [0, 0.05) is 0 Å². The molecule has 2 unspecified atom stereocenters. The fourth-order valence-electron chi connectivity index (χ4n) is 4.67. The Morgan fingerprint density at radius 1 is 0.857 bits per heavy atom. The lowest BCUT2D eigenvalue weighted by molar-refractivity contribution is 0.405. The van der Waals surface area contributed by atoms with Crippen LogP contribution in [0.15, 0.2) is 42.5 Å². The highest BCUT2D eigenvalue weighted by atomic mass is 14.2. The van der Waals surface area contributed by atoms with E-state index in [2.05, 4.69) is 63.2 Å². The summed E-state index contributed by atoms with van der Waals surface area (Å²) in [4.78, 5) is 0. The molecule has 0 bridgehead atoms. The van der Waals surface area contributed by atoms with Gasteiger partial charge in [0.1, 0.15) is 0 Å². The molecule has 2 aromatic carbocycles. The summed E-state index contributed by atoms with van der Waals surface area (Å²) < 4.78 is 0. The van der Waals surface area contributed by atoms with E-state index in [0.29, 0.717) is 0 Å². The summed E-state index contributed by atoms with van der Waals surface area (Å²) >= 11 is 0. The second-order valence-electron chi connectivity index (χ2n) is 9.21. The van der Waals surface area contributed by atoms with Gasteiger partial charge in [-0.1, -0.05) is 108 Å². The third-order valence-electron chi connectivity index (χ3n) is 6.82. The number of rotatable bonds is 10. The van der Waals surface area contributed by atoms with Gasteiger partial charge < -0.3 is 0 Å². The van der Waals surface area contributed by atoms with Gasteiger partial charge in [-0.25, -0.2) is 0 Å². The van der Waals surface area contributed by atoms with Crippen LogP contribution in [0.1, 0.15) is 88.8 Å². The van der Waals surface area contributed by atoms with Gasteiger partial charge in [-0.05, 0) is 65.3 Å². The summed E-state index contributed by atoms with van der Waals surface area (Å²) in [5.41, 5.74) is 7.45. The molecule has 0 aromatic heterocycles. The maximum Gasteiger partial charge on any atom is -0.0181 e. The number of hydrogen-bond acceptors (Lipinski definition) is 0. The Balaban J connectivity index is 1.57. The molecule has 0 nitrogen and oxygen atoms in total.